The summed E-state index contributed by atoms with van der Waals surface area (Å²) in [7, 11) is 3.50. The van der Waals surface area contributed by atoms with Gasteiger partial charge in [0.1, 0.15) is 6.33 Å². The Morgan fingerprint density at radius 1 is 1.64 bits per heavy atom. The molecule has 0 spiro atoms. The molecule has 0 fully saturated rings. The SMILES string of the molecule is CNC(=S)n1ncnc1NC. The monoisotopic (exact) mass is 171 g/mol. The highest BCUT2D eigenvalue weighted by atomic mass is 32.1. The van der Waals surface area contributed by atoms with Gasteiger partial charge in [-0.2, -0.15) is 14.8 Å². The van der Waals surface area contributed by atoms with Crippen molar-refractivity contribution in [2.75, 3.05) is 19.4 Å². The van der Waals surface area contributed by atoms with Crippen molar-refractivity contribution >= 4 is 23.3 Å². The van der Waals surface area contributed by atoms with Gasteiger partial charge < -0.3 is 10.6 Å². The second-order valence-corrected chi connectivity index (χ2v) is 2.19. The molecule has 0 radical (unpaired) electrons. The van der Waals surface area contributed by atoms with E-state index in [1.165, 1.54) is 11.0 Å². The average Bonchev–Trinajstić information content (AvgIpc) is 2.50. The first-order valence-electron chi connectivity index (χ1n) is 3.09. The minimum absolute atomic E-state index is 0.520. The molecule has 0 amide bonds. The number of nitrogens with one attached hydrogen (secondary N) is 2. The van der Waals surface area contributed by atoms with Gasteiger partial charge in [-0.15, -0.1) is 0 Å². The molecule has 1 aromatic heterocycles. The largest absolute Gasteiger partial charge is 0.364 e. The number of nitrogens with zero attached hydrogens (tertiary/aromatic N) is 3. The van der Waals surface area contributed by atoms with Crippen LogP contribution >= 0.6 is 12.2 Å². The van der Waals surface area contributed by atoms with Crippen molar-refractivity contribution < 1.29 is 0 Å². The van der Waals surface area contributed by atoms with E-state index in [1.54, 1.807) is 14.1 Å². The molecule has 11 heavy (non-hydrogen) atoms. The van der Waals surface area contributed by atoms with Crippen LogP contribution in [0.25, 0.3) is 0 Å². The summed E-state index contributed by atoms with van der Waals surface area (Å²) in [6, 6.07) is 0. The number of anilines is 1. The summed E-state index contributed by atoms with van der Waals surface area (Å²) in [6.07, 6.45) is 1.44. The topological polar surface area (TPSA) is 54.8 Å². The molecule has 1 rings (SSSR count). The van der Waals surface area contributed by atoms with Gasteiger partial charge in [0.2, 0.25) is 5.95 Å². The Morgan fingerprint density at radius 3 is 2.91 bits per heavy atom. The van der Waals surface area contributed by atoms with E-state index in [2.05, 4.69) is 20.7 Å². The molecule has 0 aliphatic rings. The smallest absolute Gasteiger partial charge is 0.227 e. The Morgan fingerprint density at radius 2 is 2.36 bits per heavy atom. The molecular formula is C5H9N5S. The number of hydrogen-bond acceptors (Lipinski definition) is 4. The maximum absolute atomic E-state index is 4.94. The zero-order chi connectivity index (χ0) is 8.27. The normalized spacial score (nSPS) is 9.27. The molecule has 0 saturated carbocycles. The van der Waals surface area contributed by atoms with Crippen LogP contribution < -0.4 is 10.6 Å². The first-order chi connectivity index (χ1) is 5.29. The molecule has 5 nitrogen and oxygen atoms in total. The van der Waals surface area contributed by atoms with E-state index in [-0.39, 0.29) is 0 Å². The van der Waals surface area contributed by atoms with Gasteiger partial charge in [-0.25, -0.2) is 0 Å². The number of thiocarbonyl (C=S) groups is 1. The molecule has 2 N–H and O–H groups in total. The van der Waals surface area contributed by atoms with Gasteiger partial charge >= 0.3 is 0 Å². The van der Waals surface area contributed by atoms with Crippen molar-refractivity contribution in [1.29, 1.82) is 0 Å². The zero-order valence-corrected chi connectivity index (χ0v) is 7.14. The predicted octanol–water partition coefficient (Wildman–Crippen LogP) is -0.328. The highest BCUT2D eigenvalue weighted by Gasteiger charge is 2.03. The predicted molar refractivity (Wildman–Crippen MR) is 46.6 cm³/mol. The van der Waals surface area contributed by atoms with Gasteiger partial charge in [-0.05, 0) is 12.2 Å². The molecule has 60 valence electrons. The van der Waals surface area contributed by atoms with Gasteiger partial charge in [-0.1, -0.05) is 0 Å². The van der Waals surface area contributed by atoms with Gasteiger partial charge in [0.05, 0.1) is 0 Å². The van der Waals surface area contributed by atoms with Crippen molar-refractivity contribution in [3.8, 4) is 0 Å². The molecule has 0 saturated heterocycles. The summed E-state index contributed by atoms with van der Waals surface area (Å²) < 4.78 is 1.51. The van der Waals surface area contributed by atoms with Crippen LogP contribution in [0.3, 0.4) is 0 Å². The number of hydrogen-bond donors (Lipinski definition) is 2. The van der Waals surface area contributed by atoms with Gasteiger partial charge in [0, 0.05) is 14.1 Å². The minimum Gasteiger partial charge on any atom is -0.364 e. The maximum Gasteiger partial charge on any atom is 0.227 e. The first kappa shape index (κ1) is 7.93. The molecule has 0 aliphatic heterocycles. The third-order valence-electron chi connectivity index (χ3n) is 1.18. The lowest BCUT2D eigenvalue weighted by molar-refractivity contribution is 0.906. The fourth-order valence-corrected chi connectivity index (χ4v) is 0.800. The van der Waals surface area contributed by atoms with Crippen molar-refractivity contribution in [3.63, 3.8) is 0 Å². The molecule has 0 aromatic carbocycles. The maximum atomic E-state index is 4.94. The molecule has 1 aromatic rings. The molecular weight excluding hydrogens is 162 g/mol. The van der Waals surface area contributed by atoms with Crippen LogP contribution in [0.1, 0.15) is 0 Å². The van der Waals surface area contributed by atoms with Crippen molar-refractivity contribution in [3.05, 3.63) is 6.33 Å². The lowest BCUT2D eigenvalue weighted by Gasteiger charge is -2.04. The summed E-state index contributed by atoms with van der Waals surface area (Å²) in [5.41, 5.74) is 0. The van der Waals surface area contributed by atoms with Crippen LogP contribution in [0.15, 0.2) is 6.33 Å². The Balaban J connectivity index is 2.92. The van der Waals surface area contributed by atoms with Crippen molar-refractivity contribution in [1.82, 2.24) is 20.1 Å². The van der Waals surface area contributed by atoms with E-state index in [9.17, 15) is 0 Å². The third kappa shape index (κ3) is 1.45. The summed E-state index contributed by atoms with van der Waals surface area (Å²) in [4.78, 5) is 3.92. The van der Waals surface area contributed by atoms with Crippen LogP contribution in [0.5, 0.6) is 0 Å². The van der Waals surface area contributed by atoms with Gasteiger partial charge in [-0.3, -0.25) is 0 Å². The molecule has 0 atom stereocenters. The Bertz CT molecular complexity index is 255. The number of aromatic nitrogens is 3. The Kier molecular flexibility index (Phi) is 2.37. The van der Waals surface area contributed by atoms with E-state index in [0.29, 0.717) is 11.1 Å². The van der Waals surface area contributed by atoms with Gasteiger partial charge in [0.15, 0.2) is 5.11 Å². The molecule has 1 heterocycles. The Hall–Kier alpha value is -1.17. The van der Waals surface area contributed by atoms with Gasteiger partial charge in [0.25, 0.3) is 0 Å². The summed E-state index contributed by atoms with van der Waals surface area (Å²) in [5, 5.41) is 10.1. The summed E-state index contributed by atoms with van der Waals surface area (Å²) in [6.45, 7) is 0. The van der Waals surface area contributed by atoms with Crippen LogP contribution in [0, 0.1) is 0 Å². The van der Waals surface area contributed by atoms with Crippen LogP contribution in [-0.4, -0.2) is 34.0 Å². The second kappa shape index (κ2) is 3.29. The first-order valence-corrected chi connectivity index (χ1v) is 3.50. The van der Waals surface area contributed by atoms with E-state index in [0.717, 1.165) is 0 Å². The summed E-state index contributed by atoms with van der Waals surface area (Å²) >= 11 is 4.94. The zero-order valence-electron chi connectivity index (χ0n) is 6.33. The lowest BCUT2D eigenvalue weighted by Crippen LogP contribution is -2.26. The molecule has 0 bridgehead atoms. The standard InChI is InChI=1S/C5H9N5S/c1-6-4-8-3-9-10(4)5(11)7-2/h3H,1-2H3,(H,7,11)(H,6,8,9). The molecule has 0 aliphatic carbocycles. The third-order valence-corrected chi connectivity index (χ3v) is 1.55. The van der Waals surface area contributed by atoms with E-state index >= 15 is 0 Å². The summed E-state index contributed by atoms with van der Waals surface area (Å²) in [5.74, 6) is 0.629. The Labute approximate surface area is 69.8 Å². The van der Waals surface area contributed by atoms with E-state index < -0.39 is 0 Å². The molecule has 0 unspecified atom stereocenters. The number of rotatable bonds is 1. The lowest BCUT2D eigenvalue weighted by atomic mass is 10.9. The van der Waals surface area contributed by atoms with Crippen LogP contribution in [0.2, 0.25) is 0 Å². The minimum atomic E-state index is 0.520. The highest BCUT2D eigenvalue weighted by molar-refractivity contribution is 7.80. The quantitative estimate of drug-likeness (QED) is 0.567. The molecule has 6 heteroatoms. The van der Waals surface area contributed by atoms with Crippen molar-refractivity contribution in [2.24, 2.45) is 0 Å². The average molecular weight is 171 g/mol. The van der Waals surface area contributed by atoms with Crippen molar-refractivity contribution in [2.45, 2.75) is 0 Å². The highest BCUT2D eigenvalue weighted by Crippen LogP contribution is 1.97. The van der Waals surface area contributed by atoms with E-state index in [1.807, 2.05) is 0 Å². The van der Waals surface area contributed by atoms with E-state index in [4.69, 9.17) is 12.2 Å². The second-order valence-electron chi connectivity index (χ2n) is 1.80. The fraction of sp³-hybridized carbons (Fsp3) is 0.400. The van der Waals surface area contributed by atoms with Crippen LogP contribution in [-0.2, 0) is 0 Å². The van der Waals surface area contributed by atoms with Crippen LogP contribution in [0.4, 0.5) is 5.95 Å². The fourth-order valence-electron chi connectivity index (χ4n) is 0.666.